The molecule has 2 heterocycles. The number of nitriles is 1. The summed E-state index contributed by atoms with van der Waals surface area (Å²) in [6.07, 6.45) is 1.57. The number of carbonyl (C=O) groups excluding carboxylic acids is 1. The summed E-state index contributed by atoms with van der Waals surface area (Å²) in [4.78, 5) is 13.9. The van der Waals surface area contributed by atoms with Crippen LogP contribution in [0.5, 0.6) is 0 Å². The Balaban J connectivity index is 1.90. The van der Waals surface area contributed by atoms with Gasteiger partial charge in [0.2, 0.25) is 5.91 Å². The third-order valence-corrected chi connectivity index (χ3v) is 3.17. The lowest BCUT2D eigenvalue weighted by molar-refractivity contribution is -0.141. The Bertz CT molecular complexity index is 294. The zero-order valence-corrected chi connectivity index (χ0v) is 9.32. The maximum absolute atomic E-state index is 12.1. The molecule has 2 fully saturated rings. The molecule has 1 N–H and O–H groups in total. The zero-order valence-electron chi connectivity index (χ0n) is 9.32. The van der Waals surface area contributed by atoms with Gasteiger partial charge in [-0.15, -0.1) is 0 Å². The fourth-order valence-corrected chi connectivity index (χ4v) is 2.25. The molecule has 0 saturated carbocycles. The summed E-state index contributed by atoms with van der Waals surface area (Å²) in [6, 6.07) is 2.06. The monoisotopic (exact) mass is 223 g/mol. The summed E-state index contributed by atoms with van der Waals surface area (Å²) in [5.41, 5.74) is 0. The van der Waals surface area contributed by atoms with Crippen LogP contribution in [0, 0.1) is 17.2 Å². The summed E-state index contributed by atoms with van der Waals surface area (Å²) in [7, 11) is 0. The number of hydrogen-bond acceptors (Lipinski definition) is 4. The maximum atomic E-state index is 12.1. The average molecular weight is 223 g/mol. The highest BCUT2D eigenvalue weighted by molar-refractivity contribution is 5.79. The van der Waals surface area contributed by atoms with Crippen molar-refractivity contribution in [1.29, 1.82) is 5.26 Å². The van der Waals surface area contributed by atoms with E-state index in [-0.39, 0.29) is 11.8 Å². The maximum Gasteiger partial charge on any atom is 0.227 e. The van der Waals surface area contributed by atoms with Crippen LogP contribution in [0.25, 0.3) is 0 Å². The van der Waals surface area contributed by atoms with Crippen LogP contribution >= 0.6 is 0 Å². The van der Waals surface area contributed by atoms with E-state index in [9.17, 15) is 4.79 Å². The molecule has 2 rings (SSSR count). The Morgan fingerprint density at radius 3 is 3.12 bits per heavy atom. The van der Waals surface area contributed by atoms with Gasteiger partial charge >= 0.3 is 0 Å². The van der Waals surface area contributed by atoms with Crippen molar-refractivity contribution >= 4 is 5.91 Å². The largest absolute Gasteiger partial charge is 0.360 e. The molecule has 88 valence electrons. The second kappa shape index (κ2) is 5.28. The van der Waals surface area contributed by atoms with E-state index in [1.165, 1.54) is 0 Å². The number of piperidine rings is 1. The Morgan fingerprint density at radius 1 is 1.56 bits per heavy atom. The summed E-state index contributed by atoms with van der Waals surface area (Å²) in [5.74, 6) is 0.266. The van der Waals surface area contributed by atoms with Gasteiger partial charge in [-0.2, -0.15) is 5.26 Å². The Kier molecular flexibility index (Phi) is 3.75. The normalized spacial score (nSPS) is 30.8. The number of nitrogens with one attached hydrogen (secondary N) is 1. The van der Waals surface area contributed by atoms with Gasteiger partial charge in [0.1, 0.15) is 0 Å². The highest BCUT2D eigenvalue weighted by Crippen LogP contribution is 2.15. The first kappa shape index (κ1) is 11.4. The molecule has 0 bridgehead atoms. The molecule has 2 aliphatic heterocycles. The van der Waals surface area contributed by atoms with Crippen molar-refractivity contribution in [3.8, 4) is 6.07 Å². The average Bonchev–Trinajstić information content (AvgIpc) is 2.39. The van der Waals surface area contributed by atoms with Gasteiger partial charge in [-0.3, -0.25) is 4.79 Å². The van der Waals surface area contributed by atoms with Gasteiger partial charge in [-0.1, -0.05) is 0 Å². The van der Waals surface area contributed by atoms with Crippen molar-refractivity contribution in [3.05, 3.63) is 0 Å². The summed E-state index contributed by atoms with van der Waals surface area (Å²) in [5, 5.41) is 12.0. The van der Waals surface area contributed by atoms with Gasteiger partial charge in [0.05, 0.1) is 25.1 Å². The van der Waals surface area contributed by atoms with E-state index in [1.807, 2.05) is 0 Å². The van der Waals surface area contributed by atoms with Crippen LogP contribution in [0.1, 0.15) is 12.8 Å². The molecule has 0 spiro atoms. The van der Waals surface area contributed by atoms with Gasteiger partial charge in [0.25, 0.3) is 0 Å². The van der Waals surface area contributed by atoms with Crippen LogP contribution in [-0.4, -0.2) is 49.7 Å². The Morgan fingerprint density at radius 2 is 2.44 bits per heavy atom. The van der Waals surface area contributed by atoms with Gasteiger partial charge in [-0.05, 0) is 19.4 Å². The summed E-state index contributed by atoms with van der Waals surface area (Å²) in [6.45, 7) is 3.30. The minimum Gasteiger partial charge on any atom is -0.360 e. The highest BCUT2D eigenvalue weighted by Gasteiger charge is 2.29. The van der Waals surface area contributed by atoms with Crippen molar-refractivity contribution in [2.24, 2.45) is 5.92 Å². The minimum atomic E-state index is -0.450. The van der Waals surface area contributed by atoms with Gasteiger partial charge in [0, 0.05) is 13.1 Å². The lowest BCUT2D eigenvalue weighted by Crippen LogP contribution is -2.49. The van der Waals surface area contributed by atoms with Gasteiger partial charge in [0.15, 0.2) is 6.10 Å². The second-order valence-electron chi connectivity index (χ2n) is 4.32. The zero-order chi connectivity index (χ0) is 11.4. The van der Waals surface area contributed by atoms with Crippen molar-refractivity contribution in [2.45, 2.75) is 18.9 Å². The van der Waals surface area contributed by atoms with E-state index in [1.54, 1.807) is 4.90 Å². The molecule has 0 aliphatic carbocycles. The van der Waals surface area contributed by atoms with Crippen LogP contribution in [0.4, 0.5) is 0 Å². The third-order valence-electron chi connectivity index (χ3n) is 3.17. The molecule has 0 aromatic heterocycles. The standard InChI is InChI=1S/C11H17N3O2/c12-6-10-8-14(4-5-16-10)11(15)9-2-1-3-13-7-9/h9-10,13H,1-5,7-8H2/t9-,10?/m0/s1. The molecular formula is C11H17N3O2. The number of amides is 1. The molecule has 5 heteroatoms. The number of carbonyl (C=O) groups is 1. The van der Waals surface area contributed by atoms with E-state index in [4.69, 9.17) is 10.00 Å². The fourth-order valence-electron chi connectivity index (χ4n) is 2.25. The lowest BCUT2D eigenvalue weighted by Gasteiger charge is -2.33. The molecule has 2 atom stereocenters. The van der Waals surface area contributed by atoms with Crippen molar-refractivity contribution in [1.82, 2.24) is 10.2 Å². The van der Waals surface area contributed by atoms with Crippen LogP contribution in [0.3, 0.4) is 0 Å². The molecular weight excluding hydrogens is 206 g/mol. The molecule has 0 radical (unpaired) electrons. The number of rotatable bonds is 1. The number of morpholine rings is 1. The third kappa shape index (κ3) is 2.52. The summed E-state index contributed by atoms with van der Waals surface area (Å²) >= 11 is 0. The molecule has 1 amide bonds. The first-order valence-corrected chi connectivity index (χ1v) is 5.82. The van der Waals surface area contributed by atoms with Crippen LogP contribution in [0.2, 0.25) is 0 Å². The smallest absolute Gasteiger partial charge is 0.227 e. The molecule has 0 aromatic carbocycles. The Labute approximate surface area is 95.4 Å². The van der Waals surface area contributed by atoms with E-state index in [2.05, 4.69) is 11.4 Å². The fraction of sp³-hybridized carbons (Fsp3) is 0.818. The molecule has 1 unspecified atom stereocenters. The van der Waals surface area contributed by atoms with Gasteiger partial charge in [-0.25, -0.2) is 0 Å². The highest BCUT2D eigenvalue weighted by atomic mass is 16.5. The number of nitrogens with zero attached hydrogens (tertiary/aromatic N) is 2. The van der Waals surface area contributed by atoms with Crippen LogP contribution in [0.15, 0.2) is 0 Å². The van der Waals surface area contributed by atoms with E-state index in [0.717, 1.165) is 25.9 Å². The van der Waals surface area contributed by atoms with Crippen LogP contribution in [-0.2, 0) is 9.53 Å². The first-order valence-electron chi connectivity index (χ1n) is 5.82. The molecule has 2 aliphatic rings. The topological polar surface area (TPSA) is 65.4 Å². The second-order valence-corrected chi connectivity index (χ2v) is 4.32. The SMILES string of the molecule is N#CC1CN(C(=O)[C@H]2CCCNC2)CCO1. The first-order chi connectivity index (χ1) is 7.81. The quantitative estimate of drug-likeness (QED) is 0.665. The number of hydrogen-bond donors (Lipinski definition) is 1. The van der Waals surface area contributed by atoms with Crippen LogP contribution < -0.4 is 5.32 Å². The predicted molar refractivity (Wildman–Crippen MR) is 57.5 cm³/mol. The molecule has 0 aromatic rings. The van der Waals surface area contributed by atoms with E-state index in [0.29, 0.717) is 19.7 Å². The van der Waals surface area contributed by atoms with E-state index >= 15 is 0 Å². The Hall–Kier alpha value is -1.12. The predicted octanol–water partition coefficient (Wildman–Crippen LogP) is -0.263. The van der Waals surface area contributed by atoms with Gasteiger partial charge < -0.3 is 15.0 Å². The van der Waals surface area contributed by atoms with Crippen molar-refractivity contribution in [3.63, 3.8) is 0 Å². The lowest BCUT2D eigenvalue weighted by atomic mass is 9.98. The molecule has 2 saturated heterocycles. The molecule has 16 heavy (non-hydrogen) atoms. The minimum absolute atomic E-state index is 0.0891. The van der Waals surface area contributed by atoms with Crippen molar-refractivity contribution < 1.29 is 9.53 Å². The van der Waals surface area contributed by atoms with Crippen molar-refractivity contribution in [2.75, 3.05) is 32.8 Å². The van der Waals surface area contributed by atoms with E-state index < -0.39 is 6.10 Å². The summed E-state index contributed by atoms with van der Waals surface area (Å²) < 4.78 is 5.22. The molecule has 5 nitrogen and oxygen atoms in total. The number of ether oxygens (including phenoxy) is 1.